The maximum atomic E-state index is 13.0. The van der Waals surface area contributed by atoms with E-state index in [2.05, 4.69) is 31.9 Å². The minimum Gasteiger partial charge on any atom is -0.295 e. The van der Waals surface area contributed by atoms with Crippen LogP contribution >= 0.6 is 31.9 Å². The lowest BCUT2D eigenvalue weighted by molar-refractivity contribution is 0.101. The van der Waals surface area contributed by atoms with Crippen LogP contribution in [0.4, 0.5) is 4.39 Å². The number of benzene rings is 1. The average Bonchev–Trinajstić information content (AvgIpc) is 1.99. The third-order valence-corrected chi connectivity index (χ3v) is 2.54. The average molecular weight is 296 g/mol. The van der Waals surface area contributed by atoms with Crippen LogP contribution in [0.3, 0.4) is 0 Å². The van der Waals surface area contributed by atoms with Crippen molar-refractivity contribution in [2.75, 3.05) is 0 Å². The summed E-state index contributed by atoms with van der Waals surface area (Å²) >= 11 is 6.02. The number of carbonyl (C=O) groups is 1. The molecule has 0 unspecified atom stereocenters. The molecule has 0 spiro atoms. The van der Waals surface area contributed by atoms with Gasteiger partial charge >= 0.3 is 0 Å². The molecule has 0 saturated heterocycles. The molecule has 0 heterocycles. The van der Waals surface area contributed by atoms with Crippen LogP contribution in [-0.2, 0) is 0 Å². The van der Waals surface area contributed by atoms with Crippen molar-refractivity contribution >= 4 is 37.6 Å². The number of hydrogen-bond acceptors (Lipinski definition) is 1. The van der Waals surface area contributed by atoms with Gasteiger partial charge in [-0.05, 0) is 50.9 Å². The highest BCUT2D eigenvalue weighted by Gasteiger charge is 2.08. The molecule has 0 aliphatic heterocycles. The van der Waals surface area contributed by atoms with Crippen molar-refractivity contribution in [3.63, 3.8) is 0 Å². The molecule has 0 radical (unpaired) electrons. The van der Waals surface area contributed by atoms with Gasteiger partial charge in [0.2, 0.25) is 0 Å². The van der Waals surface area contributed by atoms with Crippen LogP contribution in [0.15, 0.2) is 21.1 Å². The van der Waals surface area contributed by atoms with Crippen LogP contribution in [0.25, 0.3) is 0 Å². The summed E-state index contributed by atoms with van der Waals surface area (Å²) in [5, 5.41) is 0. The minimum atomic E-state index is -0.389. The van der Waals surface area contributed by atoms with E-state index in [1.807, 2.05) is 0 Å². The Morgan fingerprint density at radius 2 is 1.75 bits per heavy atom. The molecular formula is C8H5Br2FO. The summed E-state index contributed by atoms with van der Waals surface area (Å²) in [6, 6.07) is 2.92. The van der Waals surface area contributed by atoms with Gasteiger partial charge in [-0.1, -0.05) is 0 Å². The maximum Gasteiger partial charge on any atom is 0.159 e. The van der Waals surface area contributed by atoms with E-state index in [4.69, 9.17) is 0 Å². The Kier molecular flexibility index (Phi) is 3.01. The summed E-state index contributed by atoms with van der Waals surface area (Å²) in [6.07, 6.45) is 0. The second-order valence-corrected chi connectivity index (χ2v) is 4.02. The minimum absolute atomic E-state index is 0.0867. The molecule has 0 aliphatic rings. The Morgan fingerprint density at radius 1 is 1.33 bits per heavy atom. The SMILES string of the molecule is CC(=O)c1cc(Br)c(F)c(Br)c1. The Bertz CT molecular complexity index is 313. The van der Waals surface area contributed by atoms with Crippen LogP contribution in [-0.4, -0.2) is 5.78 Å². The summed E-state index contributed by atoms with van der Waals surface area (Å²) in [5.41, 5.74) is 0.482. The van der Waals surface area contributed by atoms with E-state index in [-0.39, 0.29) is 11.6 Å². The molecule has 0 atom stereocenters. The van der Waals surface area contributed by atoms with Crippen LogP contribution in [0.5, 0.6) is 0 Å². The molecule has 0 saturated carbocycles. The predicted molar refractivity (Wildman–Crippen MR) is 51.8 cm³/mol. The molecule has 1 rings (SSSR count). The van der Waals surface area contributed by atoms with Gasteiger partial charge in [0.1, 0.15) is 0 Å². The number of hydrogen-bond donors (Lipinski definition) is 0. The van der Waals surface area contributed by atoms with Crippen molar-refractivity contribution in [2.45, 2.75) is 6.92 Å². The smallest absolute Gasteiger partial charge is 0.159 e. The van der Waals surface area contributed by atoms with Gasteiger partial charge in [-0.2, -0.15) is 0 Å². The first kappa shape index (κ1) is 9.86. The van der Waals surface area contributed by atoms with Crippen molar-refractivity contribution in [2.24, 2.45) is 0 Å². The first-order valence-corrected chi connectivity index (χ1v) is 4.76. The standard InChI is InChI=1S/C8H5Br2FO/c1-4(12)5-2-6(9)8(11)7(10)3-5/h2-3H,1H3. The lowest BCUT2D eigenvalue weighted by Gasteiger charge is -2.00. The highest BCUT2D eigenvalue weighted by atomic mass is 79.9. The summed E-state index contributed by atoms with van der Waals surface area (Å²) in [6.45, 7) is 1.44. The molecule has 1 aromatic rings. The molecule has 0 fully saturated rings. The van der Waals surface area contributed by atoms with Crippen molar-refractivity contribution in [1.29, 1.82) is 0 Å². The molecule has 64 valence electrons. The molecular weight excluding hydrogens is 291 g/mol. The monoisotopic (exact) mass is 294 g/mol. The van der Waals surface area contributed by atoms with Crippen molar-refractivity contribution in [3.8, 4) is 0 Å². The Labute approximate surface area is 86.2 Å². The van der Waals surface area contributed by atoms with E-state index < -0.39 is 0 Å². The molecule has 0 aliphatic carbocycles. The number of ketones is 1. The van der Waals surface area contributed by atoms with E-state index in [1.165, 1.54) is 19.1 Å². The van der Waals surface area contributed by atoms with Gasteiger partial charge in [0.25, 0.3) is 0 Å². The van der Waals surface area contributed by atoms with E-state index in [0.29, 0.717) is 14.5 Å². The maximum absolute atomic E-state index is 13.0. The van der Waals surface area contributed by atoms with Crippen LogP contribution in [0.1, 0.15) is 17.3 Å². The fraction of sp³-hybridized carbons (Fsp3) is 0.125. The Hall–Kier alpha value is -0.220. The summed E-state index contributed by atoms with van der Waals surface area (Å²) < 4.78 is 13.6. The predicted octanol–water partition coefficient (Wildman–Crippen LogP) is 3.55. The summed E-state index contributed by atoms with van der Waals surface area (Å²) in [5.74, 6) is -0.476. The molecule has 0 bridgehead atoms. The molecule has 12 heavy (non-hydrogen) atoms. The Morgan fingerprint density at radius 3 is 2.08 bits per heavy atom. The molecule has 0 amide bonds. The second-order valence-electron chi connectivity index (χ2n) is 2.31. The fourth-order valence-electron chi connectivity index (χ4n) is 0.759. The first-order valence-electron chi connectivity index (χ1n) is 3.18. The number of carbonyl (C=O) groups excluding carboxylic acids is 1. The molecule has 4 heteroatoms. The van der Waals surface area contributed by atoms with Crippen molar-refractivity contribution in [3.05, 3.63) is 32.5 Å². The highest BCUT2D eigenvalue weighted by Crippen LogP contribution is 2.25. The van der Waals surface area contributed by atoms with Crippen LogP contribution in [0.2, 0.25) is 0 Å². The van der Waals surface area contributed by atoms with Gasteiger partial charge in [-0.3, -0.25) is 4.79 Å². The zero-order chi connectivity index (χ0) is 9.30. The van der Waals surface area contributed by atoms with Gasteiger partial charge < -0.3 is 0 Å². The topological polar surface area (TPSA) is 17.1 Å². The largest absolute Gasteiger partial charge is 0.295 e. The van der Waals surface area contributed by atoms with Gasteiger partial charge in [-0.25, -0.2) is 4.39 Å². The fourth-order valence-corrected chi connectivity index (χ4v) is 1.95. The van der Waals surface area contributed by atoms with Crippen LogP contribution in [0, 0.1) is 5.82 Å². The third-order valence-electron chi connectivity index (χ3n) is 1.39. The van der Waals surface area contributed by atoms with Gasteiger partial charge in [-0.15, -0.1) is 0 Å². The molecule has 1 aromatic carbocycles. The van der Waals surface area contributed by atoms with Crippen molar-refractivity contribution < 1.29 is 9.18 Å². The zero-order valence-electron chi connectivity index (χ0n) is 6.20. The molecule has 0 aromatic heterocycles. The Balaban J connectivity index is 3.31. The van der Waals surface area contributed by atoms with E-state index >= 15 is 0 Å². The number of Topliss-reactive ketones (excluding diaryl/α,β-unsaturated/α-hetero) is 1. The molecule has 1 nitrogen and oxygen atoms in total. The third kappa shape index (κ3) is 1.93. The van der Waals surface area contributed by atoms with E-state index in [9.17, 15) is 9.18 Å². The number of rotatable bonds is 1. The lowest BCUT2D eigenvalue weighted by Crippen LogP contribution is -1.93. The van der Waals surface area contributed by atoms with Gasteiger partial charge in [0.15, 0.2) is 11.6 Å². The number of halogens is 3. The highest BCUT2D eigenvalue weighted by molar-refractivity contribution is 9.11. The van der Waals surface area contributed by atoms with E-state index in [1.54, 1.807) is 0 Å². The van der Waals surface area contributed by atoms with E-state index in [0.717, 1.165) is 0 Å². The zero-order valence-corrected chi connectivity index (χ0v) is 9.37. The summed E-state index contributed by atoms with van der Waals surface area (Å²) in [4.78, 5) is 10.9. The van der Waals surface area contributed by atoms with Gasteiger partial charge in [0.05, 0.1) is 8.95 Å². The summed E-state index contributed by atoms with van der Waals surface area (Å²) in [7, 11) is 0. The molecule has 0 N–H and O–H groups in total. The first-order chi connectivity index (χ1) is 5.52. The van der Waals surface area contributed by atoms with Gasteiger partial charge in [0, 0.05) is 5.56 Å². The lowest BCUT2D eigenvalue weighted by atomic mass is 10.1. The normalized spacial score (nSPS) is 10.0. The quantitative estimate of drug-likeness (QED) is 0.572. The second kappa shape index (κ2) is 3.66. The van der Waals surface area contributed by atoms with Crippen molar-refractivity contribution in [1.82, 2.24) is 0 Å². The van der Waals surface area contributed by atoms with Crippen LogP contribution < -0.4 is 0 Å².